The summed E-state index contributed by atoms with van der Waals surface area (Å²) in [6, 6.07) is 13.4. The molecule has 1 aromatic heterocycles. The number of hydrogen-bond acceptors (Lipinski definition) is 5. The molecule has 0 aliphatic rings. The van der Waals surface area contributed by atoms with Gasteiger partial charge in [0.05, 0.1) is 22.5 Å². The number of rotatable bonds is 7. The van der Waals surface area contributed by atoms with Gasteiger partial charge in [-0.2, -0.15) is 0 Å². The Labute approximate surface area is 188 Å². The SMILES string of the molecule is C[C@@H](NC(=O)c1ccccc1)c1nnc(SCC(=O)Nc2ccc(Cl)cc2Cl)n1C. The number of carbonyl (C=O) groups is 2. The lowest BCUT2D eigenvalue weighted by molar-refractivity contribution is -0.113. The molecule has 0 saturated carbocycles. The first kappa shape index (κ1) is 22.1. The number of anilines is 1. The number of nitrogens with one attached hydrogen (secondary N) is 2. The van der Waals surface area contributed by atoms with E-state index in [1.807, 2.05) is 13.0 Å². The number of hydrogen-bond donors (Lipinski definition) is 2. The summed E-state index contributed by atoms with van der Waals surface area (Å²) >= 11 is 13.2. The molecule has 10 heteroatoms. The second kappa shape index (κ2) is 9.97. The van der Waals surface area contributed by atoms with E-state index in [1.54, 1.807) is 54.1 Å². The summed E-state index contributed by atoms with van der Waals surface area (Å²) in [4.78, 5) is 24.6. The molecule has 0 radical (unpaired) electrons. The number of amides is 2. The monoisotopic (exact) mass is 463 g/mol. The lowest BCUT2D eigenvalue weighted by Crippen LogP contribution is -2.28. The predicted molar refractivity (Wildman–Crippen MR) is 119 cm³/mol. The quantitative estimate of drug-likeness (QED) is 0.508. The first-order valence-electron chi connectivity index (χ1n) is 8.98. The van der Waals surface area contributed by atoms with Crippen molar-refractivity contribution in [2.75, 3.05) is 11.1 Å². The zero-order chi connectivity index (χ0) is 21.7. The van der Waals surface area contributed by atoms with Crippen molar-refractivity contribution >= 4 is 52.5 Å². The summed E-state index contributed by atoms with van der Waals surface area (Å²) < 4.78 is 1.75. The molecule has 3 rings (SSSR count). The third kappa shape index (κ3) is 5.53. The number of benzene rings is 2. The van der Waals surface area contributed by atoms with Gasteiger partial charge in [-0.15, -0.1) is 10.2 Å². The Morgan fingerprint density at radius 1 is 1.13 bits per heavy atom. The van der Waals surface area contributed by atoms with Crippen molar-refractivity contribution < 1.29 is 9.59 Å². The third-order valence-electron chi connectivity index (χ3n) is 4.18. The molecule has 2 amide bonds. The number of thioether (sulfide) groups is 1. The lowest BCUT2D eigenvalue weighted by Gasteiger charge is -2.13. The Morgan fingerprint density at radius 2 is 1.87 bits per heavy atom. The maximum Gasteiger partial charge on any atom is 0.251 e. The van der Waals surface area contributed by atoms with E-state index >= 15 is 0 Å². The van der Waals surface area contributed by atoms with E-state index in [9.17, 15) is 9.59 Å². The van der Waals surface area contributed by atoms with Crippen molar-refractivity contribution in [3.8, 4) is 0 Å². The summed E-state index contributed by atoms with van der Waals surface area (Å²) in [5.74, 6) is 0.275. The smallest absolute Gasteiger partial charge is 0.251 e. The van der Waals surface area contributed by atoms with E-state index < -0.39 is 0 Å². The van der Waals surface area contributed by atoms with Gasteiger partial charge in [0.1, 0.15) is 0 Å². The third-order valence-corrected chi connectivity index (χ3v) is 5.75. The molecule has 1 atom stereocenters. The number of aromatic nitrogens is 3. The Bertz CT molecular complexity index is 1060. The molecule has 3 aromatic rings. The van der Waals surface area contributed by atoms with Crippen LogP contribution in [0.3, 0.4) is 0 Å². The van der Waals surface area contributed by atoms with Crippen LogP contribution < -0.4 is 10.6 Å². The number of halogens is 2. The van der Waals surface area contributed by atoms with Crippen molar-refractivity contribution in [2.24, 2.45) is 7.05 Å². The molecule has 1 heterocycles. The van der Waals surface area contributed by atoms with Crippen LogP contribution in [0.15, 0.2) is 53.7 Å². The topological polar surface area (TPSA) is 88.9 Å². The van der Waals surface area contributed by atoms with Gasteiger partial charge in [0, 0.05) is 17.6 Å². The van der Waals surface area contributed by atoms with Crippen LogP contribution in [-0.2, 0) is 11.8 Å². The van der Waals surface area contributed by atoms with Gasteiger partial charge in [0.15, 0.2) is 11.0 Å². The van der Waals surface area contributed by atoms with E-state index in [2.05, 4.69) is 20.8 Å². The van der Waals surface area contributed by atoms with Gasteiger partial charge in [0.2, 0.25) is 5.91 Å². The second-order valence-corrected chi connectivity index (χ2v) is 8.21. The van der Waals surface area contributed by atoms with Gasteiger partial charge in [0.25, 0.3) is 5.91 Å². The fourth-order valence-electron chi connectivity index (χ4n) is 2.67. The highest BCUT2D eigenvalue weighted by molar-refractivity contribution is 7.99. The minimum Gasteiger partial charge on any atom is -0.342 e. The normalized spacial score (nSPS) is 11.7. The fourth-order valence-corrected chi connectivity index (χ4v) is 3.84. The van der Waals surface area contributed by atoms with E-state index in [4.69, 9.17) is 23.2 Å². The summed E-state index contributed by atoms with van der Waals surface area (Å²) in [7, 11) is 1.79. The molecule has 0 unspecified atom stereocenters. The second-order valence-electron chi connectivity index (χ2n) is 6.42. The predicted octanol–water partition coefficient (Wildman–Crippen LogP) is 4.34. The standard InChI is InChI=1S/C20H19Cl2N5O2S/c1-12(23-19(29)13-6-4-3-5-7-13)18-25-26-20(27(18)2)30-11-17(28)24-16-9-8-14(21)10-15(16)22/h3-10,12H,11H2,1-2H3,(H,23,29)(H,24,28)/t12-/m1/s1. The Morgan fingerprint density at radius 3 is 2.57 bits per heavy atom. The minimum atomic E-state index is -0.355. The molecule has 2 aromatic carbocycles. The highest BCUT2D eigenvalue weighted by Crippen LogP contribution is 2.26. The zero-order valence-corrected chi connectivity index (χ0v) is 18.6. The minimum absolute atomic E-state index is 0.121. The molecule has 2 N–H and O–H groups in total. The van der Waals surface area contributed by atoms with Crippen LogP contribution in [-0.4, -0.2) is 32.3 Å². The van der Waals surface area contributed by atoms with Crippen molar-refractivity contribution in [3.63, 3.8) is 0 Å². The fraction of sp³-hybridized carbons (Fsp3) is 0.200. The van der Waals surface area contributed by atoms with Gasteiger partial charge < -0.3 is 15.2 Å². The number of nitrogens with zero attached hydrogens (tertiary/aromatic N) is 3. The van der Waals surface area contributed by atoms with Crippen LogP contribution in [0.5, 0.6) is 0 Å². The van der Waals surface area contributed by atoms with E-state index in [0.717, 1.165) is 0 Å². The zero-order valence-electron chi connectivity index (χ0n) is 16.2. The van der Waals surface area contributed by atoms with Crippen LogP contribution in [0.25, 0.3) is 0 Å². The lowest BCUT2D eigenvalue weighted by atomic mass is 10.2. The molecule has 0 aliphatic heterocycles. The molecule has 0 aliphatic carbocycles. The van der Waals surface area contributed by atoms with Crippen LogP contribution >= 0.6 is 35.0 Å². The summed E-state index contributed by atoms with van der Waals surface area (Å²) in [5, 5.41) is 15.3. The Balaban J connectivity index is 1.58. The van der Waals surface area contributed by atoms with Gasteiger partial charge in [-0.05, 0) is 37.3 Å². The summed E-state index contributed by atoms with van der Waals surface area (Å²) in [5.41, 5.74) is 1.06. The Kier molecular flexibility index (Phi) is 7.36. The molecule has 0 bridgehead atoms. The average Bonchev–Trinajstić information content (AvgIpc) is 3.09. The van der Waals surface area contributed by atoms with Crippen LogP contribution in [0.1, 0.15) is 29.1 Å². The average molecular weight is 464 g/mol. The summed E-state index contributed by atoms with van der Waals surface area (Å²) in [6.45, 7) is 1.83. The first-order valence-corrected chi connectivity index (χ1v) is 10.7. The maximum atomic E-state index is 12.3. The highest BCUT2D eigenvalue weighted by atomic mass is 35.5. The molecule has 7 nitrogen and oxygen atoms in total. The van der Waals surface area contributed by atoms with Crippen molar-refractivity contribution in [1.82, 2.24) is 20.1 Å². The number of carbonyl (C=O) groups excluding carboxylic acids is 2. The van der Waals surface area contributed by atoms with Crippen LogP contribution in [0.4, 0.5) is 5.69 Å². The maximum absolute atomic E-state index is 12.3. The summed E-state index contributed by atoms with van der Waals surface area (Å²) in [6.07, 6.45) is 0. The first-order chi connectivity index (χ1) is 14.3. The molecule has 0 saturated heterocycles. The van der Waals surface area contributed by atoms with E-state index in [-0.39, 0.29) is 23.6 Å². The van der Waals surface area contributed by atoms with Gasteiger partial charge in [-0.1, -0.05) is 53.2 Å². The molecule has 0 fully saturated rings. The Hall–Kier alpha value is -2.55. The van der Waals surface area contributed by atoms with Crippen molar-refractivity contribution in [2.45, 2.75) is 18.1 Å². The largest absolute Gasteiger partial charge is 0.342 e. The van der Waals surface area contributed by atoms with Crippen molar-refractivity contribution in [3.05, 3.63) is 70.0 Å². The van der Waals surface area contributed by atoms with Gasteiger partial charge >= 0.3 is 0 Å². The van der Waals surface area contributed by atoms with Gasteiger partial charge in [-0.25, -0.2) is 0 Å². The van der Waals surface area contributed by atoms with E-state index in [1.165, 1.54) is 11.8 Å². The van der Waals surface area contributed by atoms with E-state index in [0.29, 0.717) is 32.3 Å². The van der Waals surface area contributed by atoms with Crippen LogP contribution in [0, 0.1) is 0 Å². The van der Waals surface area contributed by atoms with Gasteiger partial charge in [-0.3, -0.25) is 9.59 Å². The highest BCUT2D eigenvalue weighted by Gasteiger charge is 2.19. The molecule has 156 valence electrons. The van der Waals surface area contributed by atoms with Crippen molar-refractivity contribution in [1.29, 1.82) is 0 Å². The molecular weight excluding hydrogens is 445 g/mol. The molecule has 30 heavy (non-hydrogen) atoms. The molecule has 0 spiro atoms. The molecular formula is C20H19Cl2N5O2S. The van der Waals surface area contributed by atoms with Crippen LogP contribution in [0.2, 0.25) is 10.0 Å².